The number of ether oxygens (including phenoxy) is 1. The quantitative estimate of drug-likeness (QED) is 0.476. The van der Waals surface area contributed by atoms with Crippen LogP contribution in [0.3, 0.4) is 0 Å². The zero-order valence-corrected chi connectivity index (χ0v) is 13.0. The molecular weight excluding hydrogens is 301 g/mol. The van der Waals surface area contributed by atoms with Gasteiger partial charge in [-0.3, -0.25) is 14.9 Å². The molecular formula is C14H17ClFNO4. The molecule has 1 rings (SSSR count). The van der Waals surface area contributed by atoms with E-state index in [1.165, 1.54) is 7.11 Å². The van der Waals surface area contributed by atoms with Crippen molar-refractivity contribution in [2.75, 3.05) is 7.11 Å². The topological polar surface area (TPSA) is 69.4 Å². The maximum absolute atomic E-state index is 13.5. The van der Waals surface area contributed by atoms with Gasteiger partial charge in [-0.25, -0.2) is 0 Å². The number of nitro benzene ring substituents is 1. The second-order valence-corrected chi connectivity index (χ2v) is 6.33. The predicted octanol–water partition coefficient (Wildman–Crippen LogP) is 4.08. The van der Waals surface area contributed by atoms with Crippen molar-refractivity contribution in [2.24, 2.45) is 5.41 Å². The fourth-order valence-electron chi connectivity index (χ4n) is 2.04. The largest absolute Gasteiger partial charge is 0.469 e. The van der Waals surface area contributed by atoms with Gasteiger partial charge in [-0.05, 0) is 23.5 Å². The van der Waals surface area contributed by atoms with E-state index in [0.29, 0.717) is 6.42 Å². The van der Waals surface area contributed by atoms with E-state index in [4.69, 9.17) is 16.3 Å². The van der Waals surface area contributed by atoms with Crippen LogP contribution in [0.5, 0.6) is 0 Å². The van der Waals surface area contributed by atoms with Crippen LogP contribution in [0.15, 0.2) is 12.1 Å². The van der Waals surface area contributed by atoms with Crippen LogP contribution in [0, 0.1) is 21.3 Å². The van der Waals surface area contributed by atoms with Crippen molar-refractivity contribution in [3.05, 3.63) is 38.7 Å². The van der Waals surface area contributed by atoms with Gasteiger partial charge in [-0.2, -0.15) is 4.39 Å². The summed E-state index contributed by atoms with van der Waals surface area (Å²) in [6.45, 7) is 5.73. The molecule has 0 spiro atoms. The highest BCUT2D eigenvalue weighted by molar-refractivity contribution is 6.31. The molecule has 0 aliphatic carbocycles. The molecule has 0 saturated heterocycles. The number of hydrogen-bond acceptors (Lipinski definition) is 4. The monoisotopic (exact) mass is 317 g/mol. The molecule has 0 saturated carbocycles. The second-order valence-electron chi connectivity index (χ2n) is 5.92. The molecule has 0 radical (unpaired) electrons. The van der Waals surface area contributed by atoms with E-state index < -0.39 is 28.3 Å². The first-order chi connectivity index (χ1) is 9.56. The van der Waals surface area contributed by atoms with E-state index in [-0.39, 0.29) is 16.0 Å². The number of hydrogen-bond donors (Lipinski definition) is 0. The van der Waals surface area contributed by atoms with Crippen LogP contribution in [0.1, 0.15) is 38.7 Å². The highest BCUT2D eigenvalue weighted by atomic mass is 35.5. The summed E-state index contributed by atoms with van der Waals surface area (Å²) in [7, 11) is 1.23. The summed E-state index contributed by atoms with van der Waals surface area (Å²) in [6, 6.07) is 1.86. The average molecular weight is 318 g/mol. The molecule has 7 heteroatoms. The van der Waals surface area contributed by atoms with Crippen molar-refractivity contribution >= 4 is 23.3 Å². The van der Waals surface area contributed by atoms with Crippen molar-refractivity contribution in [2.45, 2.75) is 33.1 Å². The number of methoxy groups -OCH3 is 1. The van der Waals surface area contributed by atoms with E-state index in [9.17, 15) is 19.3 Å². The van der Waals surface area contributed by atoms with Crippen LogP contribution in [0.25, 0.3) is 0 Å². The number of nitrogens with zero attached hydrogens (tertiary/aromatic N) is 1. The highest BCUT2D eigenvalue weighted by Gasteiger charge is 2.31. The van der Waals surface area contributed by atoms with Crippen molar-refractivity contribution in [3.63, 3.8) is 0 Å². The molecule has 0 fully saturated rings. The summed E-state index contributed by atoms with van der Waals surface area (Å²) >= 11 is 5.96. The fourth-order valence-corrected chi connectivity index (χ4v) is 2.32. The summed E-state index contributed by atoms with van der Waals surface area (Å²) < 4.78 is 18.3. The fraction of sp³-hybridized carbons (Fsp3) is 0.500. The van der Waals surface area contributed by atoms with Crippen LogP contribution in [0.4, 0.5) is 10.1 Å². The van der Waals surface area contributed by atoms with Gasteiger partial charge >= 0.3 is 11.7 Å². The van der Waals surface area contributed by atoms with Crippen molar-refractivity contribution < 1.29 is 18.8 Å². The van der Waals surface area contributed by atoms with Gasteiger partial charge in [0, 0.05) is 11.1 Å². The Morgan fingerprint density at radius 3 is 2.48 bits per heavy atom. The minimum absolute atomic E-state index is 0.0299. The summed E-state index contributed by atoms with van der Waals surface area (Å²) in [5.41, 5.74) is -0.755. The predicted molar refractivity (Wildman–Crippen MR) is 76.9 cm³/mol. The van der Waals surface area contributed by atoms with Crippen molar-refractivity contribution in [1.29, 1.82) is 0 Å². The SMILES string of the molecule is COC(=O)C(CC(C)(C)C)c1cc([N+](=O)[O-])c(F)cc1Cl. The molecule has 0 N–H and O–H groups in total. The third-order valence-electron chi connectivity index (χ3n) is 2.94. The number of benzene rings is 1. The maximum atomic E-state index is 13.5. The molecule has 5 nitrogen and oxygen atoms in total. The Hall–Kier alpha value is -1.69. The molecule has 0 aliphatic rings. The average Bonchev–Trinajstić information content (AvgIpc) is 2.34. The zero-order chi connectivity index (χ0) is 16.4. The van der Waals surface area contributed by atoms with E-state index in [1.807, 2.05) is 20.8 Å². The van der Waals surface area contributed by atoms with E-state index >= 15 is 0 Å². The van der Waals surface area contributed by atoms with E-state index in [1.54, 1.807) is 0 Å². The van der Waals surface area contributed by atoms with Gasteiger partial charge in [-0.1, -0.05) is 32.4 Å². The number of rotatable bonds is 4. The zero-order valence-electron chi connectivity index (χ0n) is 12.3. The Morgan fingerprint density at radius 2 is 2.05 bits per heavy atom. The first-order valence-electron chi connectivity index (χ1n) is 6.28. The first-order valence-corrected chi connectivity index (χ1v) is 6.66. The molecule has 0 heterocycles. The number of carbonyl (C=O) groups is 1. The smallest absolute Gasteiger partial charge is 0.313 e. The van der Waals surface area contributed by atoms with Crippen molar-refractivity contribution in [3.8, 4) is 0 Å². The van der Waals surface area contributed by atoms with Gasteiger partial charge in [0.15, 0.2) is 0 Å². The lowest BCUT2D eigenvalue weighted by molar-refractivity contribution is -0.387. The van der Waals surface area contributed by atoms with E-state index in [0.717, 1.165) is 12.1 Å². The lowest BCUT2D eigenvalue weighted by Gasteiger charge is -2.25. The summed E-state index contributed by atoms with van der Waals surface area (Å²) in [5.74, 6) is -2.39. The Balaban J connectivity index is 3.40. The molecule has 0 bridgehead atoms. The second kappa shape index (κ2) is 6.39. The van der Waals surface area contributed by atoms with Crippen LogP contribution in [-0.2, 0) is 9.53 Å². The lowest BCUT2D eigenvalue weighted by Crippen LogP contribution is -2.21. The molecule has 1 unspecified atom stereocenters. The van der Waals surface area contributed by atoms with Crippen LogP contribution < -0.4 is 0 Å². The van der Waals surface area contributed by atoms with E-state index in [2.05, 4.69) is 0 Å². The van der Waals surface area contributed by atoms with Gasteiger partial charge < -0.3 is 4.74 Å². The van der Waals surface area contributed by atoms with Crippen LogP contribution in [-0.4, -0.2) is 18.0 Å². The van der Waals surface area contributed by atoms with Crippen LogP contribution >= 0.6 is 11.6 Å². The normalized spacial score (nSPS) is 12.9. The molecule has 0 amide bonds. The Kier molecular flexibility index (Phi) is 5.28. The summed E-state index contributed by atoms with van der Waals surface area (Å²) in [4.78, 5) is 22.0. The molecule has 0 aliphatic heterocycles. The molecule has 0 aromatic heterocycles. The van der Waals surface area contributed by atoms with Crippen molar-refractivity contribution in [1.82, 2.24) is 0 Å². The third-order valence-corrected chi connectivity index (χ3v) is 3.27. The van der Waals surface area contributed by atoms with Gasteiger partial charge in [0.1, 0.15) is 0 Å². The van der Waals surface area contributed by atoms with Gasteiger partial charge in [0.05, 0.1) is 18.0 Å². The summed E-state index contributed by atoms with van der Waals surface area (Å²) in [5, 5.41) is 10.8. The summed E-state index contributed by atoms with van der Waals surface area (Å²) in [6.07, 6.45) is 0.363. The van der Waals surface area contributed by atoms with Gasteiger partial charge in [0.25, 0.3) is 0 Å². The molecule has 1 aromatic carbocycles. The minimum Gasteiger partial charge on any atom is -0.469 e. The first kappa shape index (κ1) is 17.4. The number of carbonyl (C=O) groups excluding carboxylic acids is 1. The number of halogens is 2. The molecule has 116 valence electrons. The number of esters is 1. The van der Waals surface area contributed by atoms with Gasteiger partial charge in [0.2, 0.25) is 5.82 Å². The molecule has 1 aromatic rings. The van der Waals surface area contributed by atoms with Crippen LogP contribution in [0.2, 0.25) is 5.02 Å². The Morgan fingerprint density at radius 1 is 1.48 bits per heavy atom. The maximum Gasteiger partial charge on any atom is 0.313 e. The Labute approximate surface area is 127 Å². The highest BCUT2D eigenvalue weighted by Crippen LogP contribution is 2.38. The lowest BCUT2D eigenvalue weighted by atomic mass is 9.81. The third kappa shape index (κ3) is 4.39. The minimum atomic E-state index is -1.03. The molecule has 21 heavy (non-hydrogen) atoms. The Bertz CT molecular complexity index is 569. The van der Waals surface area contributed by atoms with Gasteiger partial charge in [-0.15, -0.1) is 0 Å². The standard InChI is InChI=1S/C14H17ClFNO4/c1-14(2,3)7-9(13(18)21-4)8-5-12(17(19)20)11(16)6-10(8)15/h5-6,9H,7H2,1-4H3. The molecule has 1 atom stereocenters. The number of nitro groups is 1.